The third-order valence-corrected chi connectivity index (χ3v) is 3.05. The van der Waals surface area contributed by atoms with E-state index in [4.69, 9.17) is 23.2 Å². The van der Waals surface area contributed by atoms with Crippen LogP contribution in [0.1, 0.15) is 10.4 Å². The van der Waals surface area contributed by atoms with Gasteiger partial charge in [0.25, 0.3) is 5.91 Å². The fourth-order valence-corrected chi connectivity index (χ4v) is 2.10. The Morgan fingerprint density at radius 2 is 1.94 bits per heavy atom. The van der Waals surface area contributed by atoms with Gasteiger partial charge in [-0.3, -0.25) is 4.79 Å². The third kappa shape index (κ3) is 3.10. The number of hydrogen-bond acceptors (Lipinski definition) is 3. The van der Waals surface area contributed by atoms with Gasteiger partial charge in [0.15, 0.2) is 0 Å². The summed E-state index contributed by atoms with van der Waals surface area (Å²) in [7, 11) is 0. The second-order valence-corrected chi connectivity index (χ2v) is 5.04. The first-order chi connectivity index (χ1) is 7.98. The van der Waals surface area contributed by atoms with E-state index in [1.165, 1.54) is 12.1 Å². The molecule has 6 heteroatoms. The molecule has 1 amide bonds. The number of amides is 1. The summed E-state index contributed by atoms with van der Waals surface area (Å²) in [6.45, 7) is 1.19. The molecule has 17 heavy (non-hydrogen) atoms. The monoisotopic (exact) mass is 274 g/mol. The number of nitrogens with one attached hydrogen (secondary N) is 2. The standard InChI is InChI=1S/C11H12Cl2N2O2/c12-8-1-7(2-9(13)3-8)10(16)15-6-11(17)4-14-5-11/h1-3,14,17H,4-6H2,(H,15,16). The van der Waals surface area contributed by atoms with Crippen LogP contribution in [0, 0.1) is 0 Å². The number of carbonyl (C=O) groups excluding carboxylic acids is 1. The van der Waals surface area contributed by atoms with E-state index in [-0.39, 0.29) is 12.5 Å². The van der Waals surface area contributed by atoms with E-state index in [2.05, 4.69) is 10.6 Å². The van der Waals surface area contributed by atoms with E-state index >= 15 is 0 Å². The van der Waals surface area contributed by atoms with Gasteiger partial charge in [-0.1, -0.05) is 23.2 Å². The summed E-state index contributed by atoms with van der Waals surface area (Å²) in [6.07, 6.45) is 0. The van der Waals surface area contributed by atoms with Crippen LogP contribution >= 0.6 is 23.2 Å². The van der Waals surface area contributed by atoms with Crippen molar-refractivity contribution in [3.05, 3.63) is 33.8 Å². The van der Waals surface area contributed by atoms with Crippen LogP contribution in [0.15, 0.2) is 18.2 Å². The van der Waals surface area contributed by atoms with Crippen molar-refractivity contribution in [3.63, 3.8) is 0 Å². The van der Waals surface area contributed by atoms with Gasteiger partial charge >= 0.3 is 0 Å². The van der Waals surface area contributed by atoms with E-state index in [0.717, 1.165) is 0 Å². The lowest BCUT2D eigenvalue weighted by molar-refractivity contribution is -0.00759. The van der Waals surface area contributed by atoms with Crippen molar-refractivity contribution < 1.29 is 9.90 Å². The van der Waals surface area contributed by atoms with Gasteiger partial charge in [-0.05, 0) is 18.2 Å². The highest BCUT2D eigenvalue weighted by atomic mass is 35.5. The lowest BCUT2D eigenvalue weighted by atomic mass is 9.97. The predicted molar refractivity (Wildman–Crippen MR) is 66.6 cm³/mol. The molecule has 1 heterocycles. The zero-order valence-corrected chi connectivity index (χ0v) is 10.5. The predicted octanol–water partition coefficient (Wildman–Crippen LogP) is 1.06. The molecule has 3 N–H and O–H groups in total. The Morgan fingerprint density at radius 1 is 1.35 bits per heavy atom. The maximum Gasteiger partial charge on any atom is 0.251 e. The van der Waals surface area contributed by atoms with E-state index in [1.807, 2.05) is 0 Å². The maximum atomic E-state index is 11.8. The molecule has 1 aliphatic heterocycles. The lowest BCUT2D eigenvalue weighted by Gasteiger charge is -2.37. The van der Waals surface area contributed by atoms with E-state index < -0.39 is 5.60 Å². The second kappa shape index (κ2) is 4.82. The summed E-state index contributed by atoms with van der Waals surface area (Å²) < 4.78 is 0. The topological polar surface area (TPSA) is 61.4 Å². The Kier molecular flexibility index (Phi) is 3.58. The van der Waals surface area contributed by atoms with Gasteiger partial charge in [-0.2, -0.15) is 0 Å². The summed E-state index contributed by atoms with van der Waals surface area (Å²) in [5.74, 6) is -0.297. The second-order valence-electron chi connectivity index (χ2n) is 4.17. The number of halogens is 2. The molecule has 92 valence electrons. The fourth-order valence-electron chi connectivity index (χ4n) is 1.57. The molecule has 0 unspecified atom stereocenters. The Balaban J connectivity index is 1.99. The molecule has 0 aromatic heterocycles. The molecule has 0 saturated carbocycles. The molecule has 0 aliphatic carbocycles. The molecule has 0 spiro atoms. The number of aliphatic hydroxyl groups is 1. The van der Waals surface area contributed by atoms with Crippen molar-refractivity contribution in [2.24, 2.45) is 0 Å². The first-order valence-electron chi connectivity index (χ1n) is 5.16. The summed E-state index contributed by atoms with van der Waals surface area (Å²) in [5.41, 5.74) is -0.448. The SMILES string of the molecule is O=C(NCC1(O)CNC1)c1cc(Cl)cc(Cl)c1. The summed E-state index contributed by atoms with van der Waals surface area (Å²) >= 11 is 11.6. The largest absolute Gasteiger partial charge is 0.385 e. The van der Waals surface area contributed by atoms with Crippen LogP contribution in [0.4, 0.5) is 0 Å². The van der Waals surface area contributed by atoms with Gasteiger partial charge in [0.2, 0.25) is 0 Å². The Bertz CT molecular complexity index is 427. The number of β-amino-alcohol motifs (C(OH)–C–C–N with tert-alkyl or cyclic N) is 1. The van der Waals surface area contributed by atoms with Crippen LogP contribution in [0.2, 0.25) is 10.0 Å². The van der Waals surface area contributed by atoms with Crippen molar-refractivity contribution in [1.29, 1.82) is 0 Å². The molecule has 0 radical (unpaired) electrons. The first-order valence-corrected chi connectivity index (χ1v) is 5.91. The van der Waals surface area contributed by atoms with Crippen molar-refractivity contribution in [2.45, 2.75) is 5.60 Å². The van der Waals surface area contributed by atoms with Crippen molar-refractivity contribution in [1.82, 2.24) is 10.6 Å². The third-order valence-electron chi connectivity index (χ3n) is 2.61. The highest BCUT2D eigenvalue weighted by Crippen LogP contribution is 2.19. The van der Waals surface area contributed by atoms with Crippen molar-refractivity contribution >= 4 is 29.1 Å². The molecule has 1 aromatic carbocycles. The van der Waals surface area contributed by atoms with Gasteiger partial charge in [0.05, 0.1) is 0 Å². The normalized spacial score (nSPS) is 17.4. The van der Waals surface area contributed by atoms with Crippen LogP contribution in [0.3, 0.4) is 0 Å². The van der Waals surface area contributed by atoms with Gasteiger partial charge in [-0.15, -0.1) is 0 Å². The number of rotatable bonds is 3. The zero-order chi connectivity index (χ0) is 12.5. The smallest absolute Gasteiger partial charge is 0.251 e. The fraction of sp³-hybridized carbons (Fsp3) is 0.364. The summed E-state index contributed by atoms with van der Waals surface area (Å²) in [5, 5.41) is 16.2. The van der Waals surface area contributed by atoms with Crippen molar-refractivity contribution in [2.75, 3.05) is 19.6 Å². The van der Waals surface area contributed by atoms with Gasteiger partial charge in [0.1, 0.15) is 5.60 Å². The van der Waals surface area contributed by atoms with Crippen LogP contribution < -0.4 is 10.6 Å². The summed E-state index contributed by atoms with van der Waals surface area (Å²) in [6, 6.07) is 4.63. The van der Waals surface area contributed by atoms with E-state index in [0.29, 0.717) is 28.7 Å². The molecule has 1 saturated heterocycles. The summed E-state index contributed by atoms with van der Waals surface area (Å²) in [4.78, 5) is 11.8. The van der Waals surface area contributed by atoms with E-state index in [1.54, 1.807) is 6.07 Å². The minimum Gasteiger partial charge on any atom is -0.385 e. The molecule has 1 fully saturated rings. The average Bonchev–Trinajstić information content (AvgIpc) is 2.22. The van der Waals surface area contributed by atoms with Crippen LogP contribution in [-0.2, 0) is 0 Å². The quantitative estimate of drug-likeness (QED) is 0.773. The minimum absolute atomic E-state index is 0.211. The molecule has 1 aromatic rings. The number of carbonyl (C=O) groups is 1. The number of hydrogen-bond donors (Lipinski definition) is 3. The van der Waals surface area contributed by atoms with E-state index in [9.17, 15) is 9.90 Å². The Hall–Kier alpha value is -0.810. The highest BCUT2D eigenvalue weighted by molar-refractivity contribution is 6.35. The molecule has 1 aliphatic rings. The van der Waals surface area contributed by atoms with Crippen LogP contribution in [0.25, 0.3) is 0 Å². The minimum atomic E-state index is -0.835. The lowest BCUT2D eigenvalue weighted by Crippen LogP contribution is -2.64. The van der Waals surface area contributed by atoms with Crippen LogP contribution in [0.5, 0.6) is 0 Å². The first kappa shape index (κ1) is 12.6. The Morgan fingerprint density at radius 3 is 2.41 bits per heavy atom. The van der Waals surface area contributed by atoms with Gasteiger partial charge in [-0.25, -0.2) is 0 Å². The Labute approximate surface area is 109 Å². The highest BCUT2D eigenvalue weighted by Gasteiger charge is 2.34. The molecular weight excluding hydrogens is 263 g/mol. The number of benzene rings is 1. The zero-order valence-electron chi connectivity index (χ0n) is 8.96. The van der Waals surface area contributed by atoms with Crippen LogP contribution in [-0.4, -0.2) is 36.2 Å². The molecule has 0 atom stereocenters. The van der Waals surface area contributed by atoms with Gasteiger partial charge in [0, 0.05) is 35.2 Å². The molecule has 0 bridgehead atoms. The van der Waals surface area contributed by atoms with Gasteiger partial charge < -0.3 is 15.7 Å². The molecular formula is C11H12Cl2N2O2. The maximum absolute atomic E-state index is 11.8. The molecule has 4 nitrogen and oxygen atoms in total. The van der Waals surface area contributed by atoms with Crippen molar-refractivity contribution in [3.8, 4) is 0 Å². The average molecular weight is 275 g/mol. The molecule has 2 rings (SSSR count).